The molecule has 2 aromatic carbocycles. The molecule has 0 atom stereocenters. The van der Waals surface area contributed by atoms with Crippen LogP contribution in [-0.2, 0) is 16.3 Å². The molecule has 3 rings (SSSR count). The summed E-state index contributed by atoms with van der Waals surface area (Å²) in [6.45, 7) is 0. The molecular formula is C21H22N4O5S. The number of nitrogens with two attached hydrogens (primary N) is 2. The Morgan fingerprint density at radius 3 is 2.19 bits per heavy atom. The summed E-state index contributed by atoms with van der Waals surface area (Å²) in [7, 11) is -1.05. The van der Waals surface area contributed by atoms with Crippen molar-refractivity contribution in [3.63, 3.8) is 0 Å². The Morgan fingerprint density at radius 1 is 1.03 bits per heavy atom. The first-order valence-electron chi connectivity index (χ1n) is 9.18. The number of hydrogen-bond acceptors (Lipinski definition) is 9. The zero-order chi connectivity index (χ0) is 22.6. The maximum atomic E-state index is 13.0. The van der Waals surface area contributed by atoms with Crippen LogP contribution in [-0.4, -0.2) is 44.1 Å². The fourth-order valence-electron chi connectivity index (χ4n) is 3.09. The van der Waals surface area contributed by atoms with Gasteiger partial charge in [0.2, 0.25) is 5.95 Å². The second-order valence-electron chi connectivity index (χ2n) is 6.69. The lowest BCUT2D eigenvalue weighted by atomic mass is 10.0. The number of ether oxygens (including phenoxy) is 2. The summed E-state index contributed by atoms with van der Waals surface area (Å²) >= 11 is 0. The van der Waals surface area contributed by atoms with Crippen molar-refractivity contribution in [3.8, 4) is 11.5 Å². The van der Waals surface area contributed by atoms with Gasteiger partial charge in [0.15, 0.2) is 15.6 Å². The van der Waals surface area contributed by atoms with Crippen LogP contribution in [0.3, 0.4) is 0 Å². The van der Waals surface area contributed by atoms with Crippen molar-refractivity contribution in [1.82, 2.24) is 9.97 Å². The smallest absolute Gasteiger partial charge is 0.221 e. The summed E-state index contributed by atoms with van der Waals surface area (Å²) in [6.07, 6.45) is 1.84. The van der Waals surface area contributed by atoms with E-state index in [2.05, 4.69) is 9.97 Å². The molecule has 0 spiro atoms. The molecule has 1 heterocycles. The van der Waals surface area contributed by atoms with Crippen LogP contribution in [0.2, 0.25) is 0 Å². The number of nitrogens with zero attached hydrogens (tertiary/aromatic N) is 2. The van der Waals surface area contributed by atoms with Gasteiger partial charge in [0.1, 0.15) is 28.6 Å². The Balaban J connectivity index is 1.96. The molecule has 0 unspecified atom stereocenters. The highest BCUT2D eigenvalue weighted by Crippen LogP contribution is 2.33. The average Bonchev–Trinajstić information content (AvgIpc) is 2.75. The van der Waals surface area contributed by atoms with Gasteiger partial charge in [-0.1, -0.05) is 18.2 Å². The predicted octanol–water partition coefficient (Wildman–Crippen LogP) is 1.91. The van der Waals surface area contributed by atoms with E-state index in [1.807, 2.05) is 0 Å². The fraction of sp³-hybridized carbons (Fsp3) is 0.190. The number of aromatic nitrogens is 2. The standard InChI is InChI=1S/C21H22N4O5S/c1-29-17-9-13(8-14-11-24-21(23)25-20(14)22)10-18(30-2)19(17)16(26)12-31(27,28)15-6-4-3-5-7-15/h3-7,9-11H,8,12H2,1-2H3,(H4,22,23,24,25). The number of nitrogen functional groups attached to an aromatic ring is 2. The minimum Gasteiger partial charge on any atom is -0.496 e. The van der Waals surface area contributed by atoms with Crippen molar-refractivity contribution in [2.45, 2.75) is 11.3 Å². The van der Waals surface area contributed by atoms with Crippen LogP contribution in [0.5, 0.6) is 11.5 Å². The van der Waals surface area contributed by atoms with E-state index in [1.54, 1.807) is 30.3 Å². The lowest BCUT2D eigenvalue weighted by Crippen LogP contribution is -2.18. The van der Waals surface area contributed by atoms with E-state index in [1.165, 1.54) is 32.5 Å². The van der Waals surface area contributed by atoms with Crippen molar-refractivity contribution in [2.75, 3.05) is 31.4 Å². The summed E-state index contributed by atoms with van der Waals surface area (Å²) in [6, 6.07) is 11.0. The molecular weight excluding hydrogens is 420 g/mol. The minimum absolute atomic E-state index is 0.0507. The molecule has 31 heavy (non-hydrogen) atoms. The minimum atomic E-state index is -3.83. The Morgan fingerprint density at radius 2 is 1.65 bits per heavy atom. The summed E-state index contributed by atoms with van der Waals surface area (Å²) in [5.41, 5.74) is 12.8. The predicted molar refractivity (Wildman–Crippen MR) is 116 cm³/mol. The lowest BCUT2D eigenvalue weighted by molar-refractivity contribution is 0.101. The molecule has 0 bridgehead atoms. The highest BCUT2D eigenvalue weighted by molar-refractivity contribution is 7.92. The highest BCUT2D eigenvalue weighted by atomic mass is 32.2. The molecule has 0 aliphatic rings. The largest absolute Gasteiger partial charge is 0.496 e. The summed E-state index contributed by atoms with van der Waals surface area (Å²) in [5.74, 6) is -0.673. The third-order valence-corrected chi connectivity index (χ3v) is 6.21. The molecule has 0 saturated heterocycles. The van der Waals surface area contributed by atoms with Gasteiger partial charge in [-0.15, -0.1) is 0 Å². The van der Waals surface area contributed by atoms with Gasteiger partial charge in [0, 0.05) is 18.2 Å². The zero-order valence-electron chi connectivity index (χ0n) is 17.0. The van der Waals surface area contributed by atoms with Crippen molar-refractivity contribution < 1.29 is 22.7 Å². The zero-order valence-corrected chi connectivity index (χ0v) is 17.8. The second-order valence-corrected chi connectivity index (χ2v) is 8.68. The number of benzene rings is 2. The molecule has 0 aliphatic heterocycles. The Hall–Kier alpha value is -3.66. The van der Waals surface area contributed by atoms with Gasteiger partial charge in [-0.05, 0) is 29.8 Å². The number of sulfone groups is 1. The van der Waals surface area contributed by atoms with E-state index in [0.29, 0.717) is 17.5 Å². The highest BCUT2D eigenvalue weighted by Gasteiger charge is 2.26. The van der Waals surface area contributed by atoms with Gasteiger partial charge in [0.05, 0.1) is 19.1 Å². The number of Topliss-reactive ketones (excluding diaryl/α,β-unsaturated/α-hetero) is 1. The molecule has 4 N–H and O–H groups in total. The van der Waals surface area contributed by atoms with E-state index in [9.17, 15) is 13.2 Å². The third kappa shape index (κ3) is 4.92. The Kier molecular flexibility index (Phi) is 6.40. The Labute approximate surface area is 180 Å². The van der Waals surface area contributed by atoms with Gasteiger partial charge in [-0.25, -0.2) is 13.4 Å². The summed E-state index contributed by atoms with van der Waals surface area (Å²) < 4.78 is 36.1. The van der Waals surface area contributed by atoms with Crippen LogP contribution >= 0.6 is 0 Å². The molecule has 0 fully saturated rings. The molecule has 162 valence electrons. The number of ketones is 1. The monoisotopic (exact) mass is 442 g/mol. The van der Waals surface area contributed by atoms with Crippen molar-refractivity contribution in [2.24, 2.45) is 0 Å². The topological polar surface area (TPSA) is 147 Å². The molecule has 9 nitrogen and oxygen atoms in total. The number of hydrogen-bond donors (Lipinski definition) is 2. The molecule has 0 radical (unpaired) electrons. The van der Waals surface area contributed by atoms with Crippen LogP contribution in [0.15, 0.2) is 53.6 Å². The molecule has 0 amide bonds. The van der Waals surface area contributed by atoms with Crippen LogP contribution in [0.25, 0.3) is 0 Å². The lowest BCUT2D eigenvalue weighted by Gasteiger charge is -2.15. The maximum Gasteiger partial charge on any atom is 0.221 e. The summed E-state index contributed by atoms with van der Waals surface area (Å²) in [4.78, 5) is 20.9. The average molecular weight is 442 g/mol. The molecule has 0 aliphatic carbocycles. The van der Waals surface area contributed by atoms with E-state index < -0.39 is 21.4 Å². The molecule has 1 aromatic heterocycles. The number of methoxy groups -OCH3 is 2. The summed E-state index contributed by atoms with van der Waals surface area (Å²) in [5, 5.41) is 0. The Bertz CT molecular complexity index is 1190. The third-order valence-electron chi connectivity index (χ3n) is 4.58. The van der Waals surface area contributed by atoms with Gasteiger partial charge in [-0.2, -0.15) is 4.98 Å². The number of rotatable bonds is 8. The van der Waals surface area contributed by atoms with Crippen LogP contribution < -0.4 is 20.9 Å². The normalized spacial score (nSPS) is 11.2. The molecule has 3 aromatic rings. The number of carbonyl (C=O) groups excluding carboxylic acids is 1. The maximum absolute atomic E-state index is 13.0. The van der Waals surface area contributed by atoms with Gasteiger partial charge in [-0.3, -0.25) is 4.79 Å². The first-order chi connectivity index (χ1) is 14.7. The van der Waals surface area contributed by atoms with E-state index >= 15 is 0 Å². The van der Waals surface area contributed by atoms with Crippen LogP contribution in [0, 0.1) is 0 Å². The fourth-order valence-corrected chi connectivity index (χ4v) is 4.32. The number of anilines is 2. The van der Waals surface area contributed by atoms with Gasteiger partial charge < -0.3 is 20.9 Å². The van der Waals surface area contributed by atoms with E-state index in [4.69, 9.17) is 20.9 Å². The first kappa shape index (κ1) is 22.0. The SMILES string of the molecule is COc1cc(Cc2cnc(N)nc2N)cc(OC)c1C(=O)CS(=O)(=O)c1ccccc1. The van der Waals surface area contributed by atoms with E-state index in [-0.39, 0.29) is 33.7 Å². The quantitative estimate of drug-likeness (QED) is 0.499. The molecule has 10 heteroatoms. The first-order valence-corrected chi connectivity index (χ1v) is 10.8. The van der Waals surface area contributed by atoms with E-state index in [0.717, 1.165) is 0 Å². The van der Waals surface area contributed by atoms with Crippen molar-refractivity contribution >= 4 is 27.4 Å². The molecule has 0 saturated carbocycles. The second kappa shape index (κ2) is 9.00. The van der Waals surface area contributed by atoms with Crippen LogP contribution in [0.1, 0.15) is 21.5 Å². The van der Waals surface area contributed by atoms with Crippen molar-refractivity contribution in [3.05, 3.63) is 65.4 Å². The van der Waals surface area contributed by atoms with Gasteiger partial charge in [0.25, 0.3) is 0 Å². The van der Waals surface area contributed by atoms with Gasteiger partial charge >= 0.3 is 0 Å². The van der Waals surface area contributed by atoms with Crippen LogP contribution in [0.4, 0.5) is 11.8 Å². The van der Waals surface area contributed by atoms with Crippen molar-refractivity contribution in [1.29, 1.82) is 0 Å². The number of carbonyl (C=O) groups is 1.